The lowest BCUT2D eigenvalue weighted by molar-refractivity contribution is 0.0953. The second-order valence-corrected chi connectivity index (χ2v) is 7.72. The van der Waals surface area contributed by atoms with Gasteiger partial charge in [0.15, 0.2) is 0 Å². The summed E-state index contributed by atoms with van der Waals surface area (Å²) in [6.07, 6.45) is 1.42. The third kappa shape index (κ3) is 5.26. The number of amides is 1. The van der Waals surface area contributed by atoms with E-state index in [1.807, 2.05) is 42.5 Å². The average molecular weight is 452 g/mol. The van der Waals surface area contributed by atoms with Crippen molar-refractivity contribution in [2.24, 2.45) is 0 Å². The molecule has 1 aromatic heterocycles. The van der Waals surface area contributed by atoms with Gasteiger partial charge in [-0.3, -0.25) is 4.79 Å². The molecule has 0 fully saturated rings. The van der Waals surface area contributed by atoms with E-state index in [-0.39, 0.29) is 11.7 Å². The van der Waals surface area contributed by atoms with Crippen LogP contribution in [0.5, 0.6) is 5.75 Å². The Bertz CT molecular complexity index is 1210. The number of fused-ring (bicyclic) bond motifs is 1. The van der Waals surface area contributed by atoms with E-state index >= 15 is 0 Å². The summed E-state index contributed by atoms with van der Waals surface area (Å²) < 4.78 is 21.0. The highest BCUT2D eigenvalue weighted by atomic mass is 35.5. The zero-order valence-electron chi connectivity index (χ0n) is 17.4. The quantitative estimate of drug-likeness (QED) is 0.353. The number of imidazole rings is 1. The number of ether oxygens (including phenoxy) is 1. The van der Waals surface area contributed by atoms with Crippen molar-refractivity contribution in [3.63, 3.8) is 0 Å². The zero-order valence-corrected chi connectivity index (χ0v) is 18.2. The van der Waals surface area contributed by atoms with E-state index in [2.05, 4.69) is 9.88 Å². The number of carbonyl (C=O) groups is 1. The Labute approximate surface area is 190 Å². The molecule has 4 rings (SSSR count). The third-order valence-corrected chi connectivity index (χ3v) is 5.42. The molecule has 0 spiro atoms. The van der Waals surface area contributed by atoms with Gasteiger partial charge in [0.1, 0.15) is 24.0 Å². The molecule has 0 saturated heterocycles. The molecule has 3 aromatic carbocycles. The van der Waals surface area contributed by atoms with Crippen LogP contribution >= 0.6 is 11.6 Å². The van der Waals surface area contributed by atoms with Gasteiger partial charge >= 0.3 is 0 Å². The van der Waals surface area contributed by atoms with Crippen LogP contribution in [0.3, 0.4) is 0 Å². The van der Waals surface area contributed by atoms with E-state index < -0.39 is 0 Å². The van der Waals surface area contributed by atoms with Crippen LogP contribution < -0.4 is 10.1 Å². The van der Waals surface area contributed by atoms with Crippen molar-refractivity contribution in [2.75, 3.05) is 13.2 Å². The maximum Gasteiger partial charge on any atom is 0.251 e. The second kappa shape index (κ2) is 10.3. The summed E-state index contributed by atoms with van der Waals surface area (Å²) in [5, 5.41) is 3.46. The molecule has 1 N–H and O–H groups in total. The fourth-order valence-electron chi connectivity index (χ4n) is 3.53. The molecule has 0 atom stereocenters. The first-order valence-electron chi connectivity index (χ1n) is 10.5. The molecular weight excluding hydrogens is 429 g/mol. The molecule has 1 heterocycles. The zero-order chi connectivity index (χ0) is 22.3. The Morgan fingerprint density at radius 1 is 1.03 bits per heavy atom. The van der Waals surface area contributed by atoms with Gasteiger partial charge < -0.3 is 14.6 Å². The second-order valence-electron chi connectivity index (χ2n) is 7.31. The number of nitrogens with one attached hydrogen (secondary N) is 1. The Hall–Kier alpha value is -3.38. The number of carbonyl (C=O) groups excluding carboxylic acids is 1. The van der Waals surface area contributed by atoms with E-state index in [1.54, 1.807) is 6.07 Å². The molecule has 32 heavy (non-hydrogen) atoms. The Balaban J connectivity index is 1.37. The summed E-state index contributed by atoms with van der Waals surface area (Å²) in [4.78, 5) is 17.0. The summed E-state index contributed by atoms with van der Waals surface area (Å²) >= 11 is 6.18. The minimum absolute atomic E-state index is 0.216. The van der Waals surface area contributed by atoms with E-state index in [9.17, 15) is 9.18 Å². The first-order chi connectivity index (χ1) is 15.6. The molecule has 4 aromatic rings. The minimum Gasteiger partial charge on any atom is -0.490 e. The van der Waals surface area contributed by atoms with Gasteiger partial charge in [0, 0.05) is 18.5 Å². The van der Waals surface area contributed by atoms with Crippen molar-refractivity contribution in [3.05, 3.63) is 95.0 Å². The highest BCUT2D eigenvalue weighted by Gasteiger charge is 2.11. The number of nitrogens with zero attached hydrogens (tertiary/aromatic N) is 2. The molecule has 0 bridgehead atoms. The number of benzene rings is 3. The van der Waals surface area contributed by atoms with Crippen LogP contribution in [0.2, 0.25) is 5.02 Å². The molecule has 0 aliphatic rings. The van der Waals surface area contributed by atoms with Crippen LogP contribution in [0.4, 0.5) is 4.39 Å². The van der Waals surface area contributed by atoms with Gasteiger partial charge in [0.05, 0.1) is 22.6 Å². The molecule has 7 heteroatoms. The number of halogens is 2. The largest absolute Gasteiger partial charge is 0.490 e. The molecule has 0 saturated carbocycles. The summed E-state index contributed by atoms with van der Waals surface area (Å²) in [6.45, 7) is 1.58. The summed E-state index contributed by atoms with van der Waals surface area (Å²) in [5.74, 6) is 1.01. The lowest BCUT2D eigenvalue weighted by Gasteiger charge is -2.12. The van der Waals surface area contributed by atoms with Crippen molar-refractivity contribution in [1.82, 2.24) is 14.9 Å². The first kappa shape index (κ1) is 21.8. The standard InChI is InChI=1S/C25H23ClFN3O2/c26-20-6-1-4-9-23(20)32-17-16-30-22-8-3-2-7-21(22)29-24(30)10-5-15-28-25(31)18-11-13-19(27)14-12-18/h1-4,6-9,11-14H,5,10,15-17H2,(H,28,31). The van der Waals surface area contributed by atoms with Gasteiger partial charge in [-0.1, -0.05) is 35.9 Å². The van der Waals surface area contributed by atoms with Crippen LogP contribution in [0.15, 0.2) is 72.8 Å². The lowest BCUT2D eigenvalue weighted by atomic mass is 10.2. The Kier molecular flexibility index (Phi) is 7.02. The topological polar surface area (TPSA) is 56.2 Å². The molecule has 0 aliphatic heterocycles. The highest BCUT2D eigenvalue weighted by molar-refractivity contribution is 6.32. The van der Waals surface area contributed by atoms with E-state index in [0.29, 0.717) is 42.5 Å². The number of hydrogen-bond donors (Lipinski definition) is 1. The predicted molar refractivity (Wildman–Crippen MR) is 124 cm³/mol. The summed E-state index contributed by atoms with van der Waals surface area (Å²) in [7, 11) is 0. The van der Waals surface area contributed by atoms with E-state index in [0.717, 1.165) is 23.3 Å². The SMILES string of the molecule is O=C(NCCCc1nc2ccccc2n1CCOc1ccccc1Cl)c1ccc(F)cc1. The van der Waals surface area contributed by atoms with Crippen molar-refractivity contribution in [1.29, 1.82) is 0 Å². The van der Waals surface area contributed by atoms with Crippen LogP contribution in [0, 0.1) is 5.82 Å². The number of aryl methyl sites for hydroxylation is 1. The summed E-state index contributed by atoms with van der Waals surface area (Å²) in [5.41, 5.74) is 2.41. The van der Waals surface area contributed by atoms with Crippen molar-refractivity contribution in [3.8, 4) is 5.75 Å². The van der Waals surface area contributed by atoms with Crippen molar-refractivity contribution < 1.29 is 13.9 Å². The number of hydrogen-bond acceptors (Lipinski definition) is 3. The molecule has 0 radical (unpaired) electrons. The van der Waals surface area contributed by atoms with Gasteiger partial charge in [-0.25, -0.2) is 9.37 Å². The summed E-state index contributed by atoms with van der Waals surface area (Å²) in [6, 6.07) is 20.9. The van der Waals surface area contributed by atoms with Crippen LogP contribution in [-0.4, -0.2) is 28.6 Å². The minimum atomic E-state index is -0.362. The maximum atomic E-state index is 13.0. The van der Waals surface area contributed by atoms with Crippen LogP contribution in [-0.2, 0) is 13.0 Å². The fourth-order valence-corrected chi connectivity index (χ4v) is 3.72. The van der Waals surface area contributed by atoms with E-state index in [4.69, 9.17) is 21.3 Å². The highest BCUT2D eigenvalue weighted by Crippen LogP contribution is 2.23. The number of aromatic nitrogens is 2. The van der Waals surface area contributed by atoms with E-state index in [1.165, 1.54) is 24.3 Å². The van der Waals surface area contributed by atoms with Gasteiger partial charge in [0.25, 0.3) is 5.91 Å². The van der Waals surface area contributed by atoms with Crippen molar-refractivity contribution in [2.45, 2.75) is 19.4 Å². The monoisotopic (exact) mass is 451 g/mol. The average Bonchev–Trinajstić information content (AvgIpc) is 3.16. The molecule has 164 valence electrons. The number of para-hydroxylation sites is 3. The molecule has 0 aliphatic carbocycles. The molecular formula is C25H23ClFN3O2. The Morgan fingerprint density at radius 2 is 1.78 bits per heavy atom. The van der Waals surface area contributed by atoms with Gasteiger partial charge in [0.2, 0.25) is 0 Å². The third-order valence-electron chi connectivity index (χ3n) is 5.11. The smallest absolute Gasteiger partial charge is 0.251 e. The maximum absolute atomic E-state index is 13.0. The van der Waals surface area contributed by atoms with Gasteiger partial charge in [-0.05, 0) is 55.0 Å². The molecule has 1 amide bonds. The van der Waals surface area contributed by atoms with Gasteiger partial charge in [-0.15, -0.1) is 0 Å². The first-order valence-corrected chi connectivity index (χ1v) is 10.8. The van der Waals surface area contributed by atoms with Crippen LogP contribution in [0.25, 0.3) is 11.0 Å². The normalized spacial score (nSPS) is 10.9. The van der Waals surface area contributed by atoms with Gasteiger partial charge in [-0.2, -0.15) is 0 Å². The van der Waals surface area contributed by atoms with Crippen molar-refractivity contribution >= 4 is 28.5 Å². The Morgan fingerprint density at radius 3 is 2.59 bits per heavy atom. The fraction of sp³-hybridized carbons (Fsp3) is 0.200. The lowest BCUT2D eigenvalue weighted by Crippen LogP contribution is -2.25. The molecule has 5 nitrogen and oxygen atoms in total. The van der Waals surface area contributed by atoms with Crippen LogP contribution in [0.1, 0.15) is 22.6 Å². The number of rotatable bonds is 9. The molecule has 0 unspecified atom stereocenters. The predicted octanol–water partition coefficient (Wildman–Crippen LogP) is 5.27.